The maximum atomic E-state index is 10.4. The summed E-state index contributed by atoms with van der Waals surface area (Å²) >= 11 is 0. The minimum atomic E-state index is -1.25. The van der Waals surface area contributed by atoms with Crippen molar-refractivity contribution < 1.29 is 15.0 Å². The Kier molecular flexibility index (Phi) is 1.14. The molecule has 0 aliphatic heterocycles. The molecule has 1 N–H and O–H groups in total. The fourth-order valence-electron chi connectivity index (χ4n) is 0.523. The van der Waals surface area contributed by atoms with E-state index in [2.05, 4.69) is 0 Å². The molecule has 47 valence electrons. The lowest BCUT2D eigenvalue weighted by Crippen LogP contribution is -2.04. The predicted molar refractivity (Wildman–Crippen MR) is 28.0 cm³/mol. The summed E-state index contributed by atoms with van der Waals surface area (Å²) in [6.07, 6.45) is -0.0463. The van der Waals surface area contributed by atoms with Crippen molar-refractivity contribution in [2.45, 2.75) is 0 Å². The third-order valence-electron chi connectivity index (χ3n) is 0.917. The third kappa shape index (κ3) is 0.861. The van der Waals surface area contributed by atoms with Crippen LogP contribution in [0.4, 0.5) is 4.79 Å². The van der Waals surface area contributed by atoms with E-state index in [1.165, 1.54) is 18.3 Å². The van der Waals surface area contributed by atoms with Crippen LogP contribution in [0.5, 0.6) is 5.88 Å². The second-order valence-corrected chi connectivity index (χ2v) is 1.50. The van der Waals surface area contributed by atoms with Gasteiger partial charge in [-0.3, -0.25) is 5.11 Å². The molecule has 0 amide bonds. The first kappa shape index (κ1) is 5.68. The molecule has 0 aromatic carbocycles. The molecule has 0 fully saturated rings. The second kappa shape index (κ2) is 1.81. The number of carboxylic acid groups (broad SMARTS) is 1. The van der Waals surface area contributed by atoms with Crippen LogP contribution in [-0.2, 0) is 5.11 Å². The molecule has 9 heavy (non-hydrogen) atoms. The minimum absolute atomic E-state index is 0.512. The summed E-state index contributed by atoms with van der Waals surface area (Å²) in [4.78, 5) is 10.0. The number of hydrogen-bond acceptors (Lipinski definition) is 1. The quantitative estimate of drug-likeness (QED) is 0.566. The minimum Gasteiger partial charge on any atom is -0.464 e. The molecule has 1 aromatic heterocycles. The van der Waals surface area contributed by atoms with Crippen LogP contribution in [0, 0.1) is 0 Å². The van der Waals surface area contributed by atoms with E-state index >= 15 is 0 Å². The summed E-state index contributed by atoms with van der Waals surface area (Å²) in [5.41, 5.74) is 0. The lowest BCUT2D eigenvalue weighted by atomic mass is 10.7. The van der Waals surface area contributed by atoms with Gasteiger partial charge in [-0.2, -0.15) is 0 Å². The topological polar surface area (TPSA) is 62.1 Å². The summed E-state index contributed by atoms with van der Waals surface area (Å²) in [5, 5.41) is 18.7. The summed E-state index contributed by atoms with van der Waals surface area (Å²) < 4.78 is 0.611. The standard InChI is InChI=1S/C5H4NO3/c7-4-2-1-3-6(4)5(8)9/h1-3H,(H,8,9). The normalized spacial score (nSPS) is 9.33. The zero-order chi connectivity index (χ0) is 6.85. The van der Waals surface area contributed by atoms with Gasteiger partial charge in [-0.1, -0.05) is 0 Å². The van der Waals surface area contributed by atoms with E-state index in [-0.39, 0.29) is 0 Å². The zero-order valence-corrected chi connectivity index (χ0v) is 4.44. The van der Waals surface area contributed by atoms with E-state index in [0.29, 0.717) is 4.57 Å². The highest BCUT2D eigenvalue weighted by Gasteiger charge is 2.04. The molecule has 1 radical (unpaired) electrons. The maximum absolute atomic E-state index is 10.4. The highest BCUT2D eigenvalue weighted by atomic mass is 16.4. The Bertz CT molecular complexity index is 228. The molecule has 0 saturated carbocycles. The van der Waals surface area contributed by atoms with Crippen molar-refractivity contribution in [3.63, 3.8) is 0 Å². The van der Waals surface area contributed by atoms with Gasteiger partial charge in [-0.05, 0) is 6.07 Å². The van der Waals surface area contributed by atoms with Crippen molar-refractivity contribution in [1.29, 1.82) is 0 Å². The molecule has 0 atom stereocenters. The molecule has 4 nitrogen and oxygen atoms in total. The summed E-state index contributed by atoms with van der Waals surface area (Å²) in [7, 11) is 0. The van der Waals surface area contributed by atoms with Gasteiger partial charge in [0, 0.05) is 12.3 Å². The maximum Gasteiger partial charge on any atom is 0.418 e. The molecule has 0 aliphatic rings. The fourth-order valence-corrected chi connectivity index (χ4v) is 0.523. The average Bonchev–Trinajstić information content (AvgIpc) is 2.13. The van der Waals surface area contributed by atoms with E-state index in [9.17, 15) is 9.90 Å². The molecule has 0 saturated heterocycles. The Labute approximate surface area is 51.0 Å². The van der Waals surface area contributed by atoms with E-state index in [1.807, 2.05) is 0 Å². The highest BCUT2D eigenvalue weighted by Crippen LogP contribution is 2.08. The molecule has 0 aliphatic carbocycles. The van der Waals surface area contributed by atoms with E-state index in [0.717, 1.165) is 0 Å². The Morgan fingerprint density at radius 2 is 2.33 bits per heavy atom. The first-order valence-corrected chi connectivity index (χ1v) is 2.29. The Morgan fingerprint density at radius 3 is 2.56 bits per heavy atom. The van der Waals surface area contributed by atoms with E-state index in [1.54, 1.807) is 0 Å². The molecule has 1 rings (SSSR count). The smallest absolute Gasteiger partial charge is 0.418 e. The van der Waals surface area contributed by atoms with Crippen molar-refractivity contribution in [2.75, 3.05) is 0 Å². The van der Waals surface area contributed by atoms with Crippen LogP contribution < -0.4 is 0 Å². The second-order valence-electron chi connectivity index (χ2n) is 1.50. The monoisotopic (exact) mass is 126 g/mol. The molecular formula is C5H4NO3. The largest absolute Gasteiger partial charge is 0.464 e. The molecule has 1 aromatic rings. The van der Waals surface area contributed by atoms with Crippen LogP contribution in [0.3, 0.4) is 0 Å². The Hall–Kier alpha value is -1.45. The van der Waals surface area contributed by atoms with Crippen molar-refractivity contribution in [2.24, 2.45) is 0 Å². The van der Waals surface area contributed by atoms with Gasteiger partial charge >= 0.3 is 6.09 Å². The predicted octanol–water partition coefficient (Wildman–Crippen LogP) is 1.16. The van der Waals surface area contributed by atoms with Crippen molar-refractivity contribution in [3.05, 3.63) is 18.3 Å². The summed E-state index contributed by atoms with van der Waals surface area (Å²) in [6.45, 7) is 0. The van der Waals surface area contributed by atoms with Crippen molar-refractivity contribution in [3.8, 4) is 5.88 Å². The molecular weight excluding hydrogens is 122 g/mol. The lowest BCUT2D eigenvalue weighted by Gasteiger charge is -1.90. The number of carbonyl (C=O) groups is 1. The van der Waals surface area contributed by atoms with Crippen LogP contribution in [0.25, 0.3) is 0 Å². The van der Waals surface area contributed by atoms with Gasteiger partial charge in [-0.25, -0.2) is 9.36 Å². The molecule has 4 heteroatoms. The Balaban J connectivity index is 3.08. The van der Waals surface area contributed by atoms with Crippen LogP contribution in [0.15, 0.2) is 18.3 Å². The van der Waals surface area contributed by atoms with Crippen LogP contribution >= 0.6 is 0 Å². The van der Waals surface area contributed by atoms with Gasteiger partial charge in [0.15, 0.2) is 0 Å². The number of rotatable bonds is 0. The van der Waals surface area contributed by atoms with Crippen LogP contribution in [-0.4, -0.2) is 15.8 Å². The van der Waals surface area contributed by atoms with Gasteiger partial charge in [0.05, 0.1) is 0 Å². The first-order valence-electron chi connectivity index (χ1n) is 2.29. The zero-order valence-electron chi connectivity index (χ0n) is 4.44. The van der Waals surface area contributed by atoms with Gasteiger partial charge in [0.1, 0.15) is 0 Å². The van der Waals surface area contributed by atoms with Gasteiger partial charge < -0.3 is 5.11 Å². The van der Waals surface area contributed by atoms with Gasteiger partial charge in [0.25, 0.3) is 5.88 Å². The molecule has 0 bridgehead atoms. The third-order valence-corrected chi connectivity index (χ3v) is 0.917. The molecule has 0 spiro atoms. The average molecular weight is 126 g/mol. The number of nitrogens with zero attached hydrogens (tertiary/aromatic N) is 1. The Morgan fingerprint density at radius 1 is 1.67 bits per heavy atom. The SMILES string of the molecule is [O]c1cccn1C(=O)O. The molecule has 1 heterocycles. The number of aromatic nitrogens is 1. The first-order chi connectivity index (χ1) is 4.22. The van der Waals surface area contributed by atoms with Crippen molar-refractivity contribution >= 4 is 6.09 Å². The van der Waals surface area contributed by atoms with Gasteiger partial charge in [-0.15, -0.1) is 0 Å². The highest BCUT2D eigenvalue weighted by molar-refractivity contribution is 5.69. The lowest BCUT2D eigenvalue weighted by molar-refractivity contribution is 0.190. The molecule has 0 unspecified atom stereocenters. The fraction of sp³-hybridized carbons (Fsp3) is 0. The van der Waals surface area contributed by atoms with Crippen LogP contribution in [0.2, 0.25) is 0 Å². The van der Waals surface area contributed by atoms with E-state index in [4.69, 9.17) is 5.11 Å². The summed E-state index contributed by atoms with van der Waals surface area (Å²) in [5.74, 6) is -0.512. The van der Waals surface area contributed by atoms with Crippen molar-refractivity contribution in [1.82, 2.24) is 4.57 Å². The number of hydrogen-bond donors (Lipinski definition) is 1. The summed E-state index contributed by atoms with van der Waals surface area (Å²) in [6, 6.07) is 2.57. The van der Waals surface area contributed by atoms with E-state index < -0.39 is 12.0 Å². The van der Waals surface area contributed by atoms with Crippen LogP contribution in [0.1, 0.15) is 0 Å². The van der Waals surface area contributed by atoms with Gasteiger partial charge in [0.2, 0.25) is 0 Å².